The average Bonchev–Trinajstić information content (AvgIpc) is 2.06. The van der Waals surface area contributed by atoms with Crippen molar-refractivity contribution in [2.45, 2.75) is 33.1 Å². The van der Waals surface area contributed by atoms with Gasteiger partial charge in [-0.25, -0.2) is 0 Å². The summed E-state index contributed by atoms with van der Waals surface area (Å²) in [6.07, 6.45) is 3.37. The molecule has 0 fully saturated rings. The number of thioether (sulfide) groups is 1. The van der Waals surface area contributed by atoms with E-state index in [1.165, 1.54) is 0 Å². The lowest BCUT2D eigenvalue weighted by atomic mass is 10.3. The smallest absolute Gasteiger partial charge is 0.229 e. The summed E-state index contributed by atoms with van der Waals surface area (Å²) in [4.78, 5) is 11.1. The van der Waals surface area contributed by atoms with Crippen LogP contribution in [0.15, 0.2) is 0 Å². The molecule has 72 valence electrons. The quantitative estimate of drug-likeness (QED) is 0.621. The number of rotatable bonds is 7. The Hall–Kier alpha value is -0.180. The summed E-state index contributed by atoms with van der Waals surface area (Å²) < 4.78 is 0. The van der Waals surface area contributed by atoms with Crippen LogP contribution in [0.4, 0.5) is 0 Å². The molecule has 0 saturated heterocycles. The molecule has 1 N–H and O–H groups in total. The fourth-order valence-electron chi connectivity index (χ4n) is 0.765. The van der Waals surface area contributed by atoms with E-state index in [2.05, 4.69) is 19.2 Å². The number of carbonyl (C=O) groups excluding carboxylic acids is 1. The van der Waals surface area contributed by atoms with Gasteiger partial charge in [0.15, 0.2) is 0 Å². The van der Waals surface area contributed by atoms with Gasteiger partial charge in [-0.1, -0.05) is 20.3 Å². The number of hydrogen-bond acceptors (Lipinski definition) is 2. The molecule has 0 unspecified atom stereocenters. The van der Waals surface area contributed by atoms with E-state index < -0.39 is 0 Å². The summed E-state index contributed by atoms with van der Waals surface area (Å²) in [5.41, 5.74) is 0. The van der Waals surface area contributed by atoms with Gasteiger partial charge in [-0.15, -0.1) is 0 Å². The van der Waals surface area contributed by atoms with Crippen molar-refractivity contribution in [3.63, 3.8) is 0 Å². The molecule has 0 atom stereocenters. The Labute approximate surface area is 79.5 Å². The number of unbranched alkanes of at least 4 members (excludes halogenated alkanes) is 1. The van der Waals surface area contributed by atoms with Gasteiger partial charge in [0.05, 0.1) is 5.75 Å². The number of hydrogen-bond donors (Lipinski definition) is 1. The van der Waals surface area contributed by atoms with Crippen LogP contribution in [0.3, 0.4) is 0 Å². The van der Waals surface area contributed by atoms with Crippen molar-refractivity contribution in [2.75, 3.05) is 18.1 Å². The Bertz CT molecular complexity index is 105. The molecule has 0 radical (unpaired) electrons. The van der Waals surface area contributed by atoms with Crippen molar-refractivity contribution in [1.29, 1.82) is 0 Å². The van der Waals surface area contributed by atoms with E-state index in [4.69, 9.17) is 0 Å². The van der Waals surface area contributed by atoms with Crippen molar-refractivity contribution in [3.05, 3.63) is 0 Å². The van der Waals surface area contributed by atoms with Crippen molar-refractivity contribution in [2.24, 2.45) is 0 Å². The predicted molar refractivity (Wildman–Crippen MR) is 55.5 cm³/mol. The SMILES string of the molecule is CCCCNC(=O)CSCCC. The van der Waals surface area contributed by atoms with Gasteiger partial charge in [-0.3, -0.25) is 4.79 Å². The maximum Gasteiger partial charge on any atom is 0.229 e. The van der Waals surface area contributed by atoms with Crippen LogP contribution < -0.4 is 5.32 Å². The van der Waals surface area contributed by atoms with Crippen molar-refractivity contribution in [1.82, 2.24) is 5.32 Å². The first-order chi connectivity index (χ1) is 5.81. The highest BCUT2D eigenvalue weighted by Gasteiger charge is 1.98. The van der Waals surface area contributed by atoms with Crippen molar-refractivity contribution in [3.8, 4) is 0 Å². The Kier molecular flexibility index (Phi) is 8.78. The van der Waals surface area contributed by atoms with Gasteiger partial charge in [0.2, 0.25) is 5.91 Å². The molecule has 0 spiro atoms. The fourth-order valence-corrected chi connectivity index (χ4v) is 1.49. The lowest BCUT2D eigenvalue weighted by molar-refractivity contribution is -0.118. The molecule has 12 heavy (non-hydrogen) atoms. The lowest BCUT2D eigenvalue weighted by Crippen LogP contribution is -2.26. The van der Waals surface area contributed by atoms with Crippen LogP contribution in [0.2, 0.25) is 0 Å². The van der Waals surface area contributed by atoms with Gasteiger partial charge in [0.1, 0.15) is 0 Å². The van der Waals surface area contributed by atoms with Gasteiger partial charge in [0, 0.05) is 6.54 Å². The first kappa shape index (κ1) is 11.8. The highest BCUT2D eigenvalue weighted by Crippen LogP contribution is 2.00. The second kappa shape index (κ2) is 8.91. The summed E-state index contributed by atoms with van der Waals surface area (Å²) in [6.45, 7) is 5.09. The van der Waals surface area contributed by atoms with E-state index in [-0.39, 0.29) is 5.91 Å². The van der Waals surface area contributed by atoms with Crippen molar-refractivity contribution < 1.29 is 4.79 Å². The van der Waals surface area contributed by atoms with Crippen LogP contribution in [0, 0.1) is 0 Å². The van der Waals surface area contributed by atoms with E-state index in [9.17, 15) is 4.79 Å². The van der Waals surface area contributed by atoms with Crippen molar-refractivity contribution >= 4 is 17.7 Å². The highest BCUT2D eigenvalue weighted by atomic mass is 32.2. The van der Waals surface area contributed by atoms with Crippen LogP contribution >= 0.6 is 11.8 Å². The molecule has 0 aliphatic rings. The molecule has 0 aliphatic heterocycles. The first-order valence-electron chi connectivity index (χ1n) is 4.65. The molecule has 0 aromatic carbocycles. The molecule has 0 aromatic heterocycles. The average molecular weight is 189 g/mol. The third-order valence-corrected chi connectivity index (χ3v) is 2.60. The third kappa shape index (κ3) is 7.92. The second-order valence-electron chi connectivity index (χ2n) is 2.76. The molecule has 0 aliphatic carbocycles. The van der Waals surface area contributed by atoms with Crippen LogP contribution in [-0.4, -0.2) is 24.0 Å². The predicted octanol–water partition coefficient (Wildman–Crippen LogP) is 2.05. The molecule has 3 heteroatoms. The third-order valence-electron chi connectivity index (χ3n) is 1.43. The standard InChI is InChI=1S/C9H19NOS/c1-3-5-6-10-9(11)8-12-7-4-2/h3-8H2,1-2H3,(H,10,11). The highest BCUT2D eigenvalue weighted by molar-refractivity contribution is 7.99. The molecular weight excluding hydrogens is 170 g/mol. The van der Waals surface area contributed by atoms with E-state index >= 15 is 0 Å². The monoisotopic (exact) mass is 189 g/mol. The Morgan fingerprint density at radius 2 is 2.08 bits per heavy atom. The van der Waals surface area contributed by atoms with E-state index in [1.54, 1.807) is 11.8 Å². The normalized spacial score (nSPS) is 9.83. The van der Waals surface area contributed by atoms with Crippen LogP contribution in [0.5, 0.6) is 0 Å². The topological polar surface area (TPSA) is 29.1 Å². The van der Waals surface area contributed by atoms with E-state index in [0.29, 0.717) is 5.75 Å². The molecule has 0 rings (SSSR count). The minimum absolute atomic E-state index is 0.182. The summed E-state index contributed by atoms with van der Waals surface area (Å²) >= 11 is 1.71. The number of carbonyl (C=O) groups is 1. The van der Waals surface area contributed by atoms with E-state index in [0.717, 1.165) is 31.6 Å². The number of amides is 1. The Morgan fingerprint density at radius 3 is 2.67 bits per heavy atom. The molecule has 0 bridgehead atoms. The van der Waals surface area contributed by atoms with Gasteiger partial charge >= 0.3 is 0 Å². The maximum absolute atomic E-state index is 11.1. The summed E-state index contributed by atoms with van der Waals surface area (Å²) in [5, 5.41) is 2.88. The van der Waals surface area contributed by atoms with Gasteiger partial charge in [-0.2, -0.15) is 11.8 Å². The van der Waals surface area contributed by atoms with E-state index in [1.807, 2.05) is 0 Å². The van der Waals surface area contributed by atoms with Gasteiger partial charge in [0.25, 0.3) is 0 Å². The Balaban J connectivity index is 3.10. The largest absolute Gasteiger partial charge is 0.355 e. The Morgan fingerprint density at radius 1 is 1.33 bits per heavy atom. The minimum Gasteiger partial charge on any atom is -0.355 e. The van der Waals surface area contributed by atoms with Gasteiger partial charge < -0.3 is 5.32 Å². The molecule has 0 heterocycles. The van der Waals surface area contributed by atoms with Crippen LogP contribution in [0.1, 0.15) is 33.1 Å². The minimum atomic E-state index is 0.182. The molecule has 1 amide bonds. The molecule has 0 saturated carbocycles. The molecule has 0 aromatic rings. The zero-order valence-electron chi connectivity index (χ0n) is 8.06. The molecular formula is C9H19NOS. The lowest BCUT2D eigenvalue weighted by Gasteiger charge is -2.02. The first-order valence-corrected chi connectivity index (χ1v) is 5.81. The summed E-state index contributed by atoms with van der Waals surface area (Å²) in [7, 11) is 0. The summed E-state index contributed by atoms with van der Waals surface area (Å²) in [5.74, 6) is 1.89. The van der Waals surface area contributed by atoms with Crippen LogP contribution in [0.25, 0.3) is 0 Å². The fraction of sp³-hybridized carbons (Fsp3) is 0.889. The molecule has 2 nitrogen and oxygen atoms in total. The zero-order chi connectivity index (χ0) is 9.23. The maximum atomic E-state index is 11.1. The zero-order valence-corrected chi connectivity index (χ0v) is 8.88. The summed E-state index contributed by atoms with van der Waals surface area (Å²) in [6, 6.07) is 0. The second-order valence-corrected chi connectivity index (χ2v) is 3.86. The number of nitrogens with one attached hydrogen (secondary N) is 1. The van der Waals surface area contributed by atoms with Gasteiger partial charge in [-0.05, 0) is 18.6 Å². The van der Waals surface area contributed by atoms with Crippen LogP contribution in [-0.2, 0) is 4.79 Å².